The van der Waals surface area contributed by atoms with Crippen molar-refractivity contribution in [1.29, 1.82) is 0 Å². The minimum atomic E-state index is -1.53. The number of amides is 4. The van der Waals surface area contributed by atoms with Gasteiger partial charge in [-0.3, -0.25) is 14.5 Å². The van der Waals surface area contributed by atoms with Gasteiger partial charge in [0, 0.05) is 13.1 Å². The topological polar surface area (TPSA) is 69.7 Å². The molecule has 134 valence electrons. The number of halogens is 2. The Morgan fingerprint density at radius 3 is 2.48 bits per heavy atom. The van der Waals surface area contributed by atoms with Crippen LogP contribution in [0.15, 0.2) is 18.2 Å². The number of carbonyl (C=O) groups excluding carboxylic acids is 3. The molecule has 2 aliphatic heterocycles. The van der Waals surface area contributed by atoms with E-state index in [4.69, 9.17) is 0 Å². The summed E-state index contributed by atoms with van der Waals surface area (Å²) in [6.07, 6.45) is 2.86. The van der Waals surface area contributed by atoms with Gasteiger partial charge in [0.05, 0.1) is 0 Å². The van der Waals surface area contributed by atoms with E-state index in [1.807, 2.05) is 0 Å². The third-order valence-electron chi connectivity index (χ3n) is 4.77. The van der Waals surface area contributed by atoms with Crippen molar-refractivity contribution in [2.24, 2.45) is 0 Å². The Balaban J connectivity index is 1.79. The zero-order valence-corrected chi connectivity index (χ0v) is 13.8. The molecule has 1 aromatic rings. The van der Waals surface area contributed by atoms with Gasteiger partial charge in [-0.1, -0.05) is 6.07 Å². The highest BCUT2D eigenvalue weighted by Gasteiger charge is 2.50. The summed E-state index contributed by atoms with van der Waals surface area (Å²) in [5, 5.41) is 2.48. The fourth-order valence-corrected chi connectivity index (χ4v) is 3.22. The molecule has 4 amide bonds. The molecule has 1 N–H and O–H groups in total. The molecule has 2 fully saturated rings. The number of hydrogen-bond acceptors (Lipinski definition) is 3. The quantitative estimate of drug-likeness (QED) is 0.844. The SMILES string of the molecule is CC1(c2ccc(F)c(F)c2)NC(=O)N(CC(=O)N2CCCCC2)C1=O. The van der Waals surface area contributed by atoms with Gasteiger partial charge >= 0.3 is 6.03 Å². The Kier molecular flexibility index (Phi) is 4.45. The van der Waals surface area contributed by atoms with Crippen molar-refractivity contribution in [2.75, 3.05) is 19.6 Å². The molecular weight excluding hydrogens is 332 g/mol. The van der Waals surface area contributed by atoms with E-state index in [-0.39, 0.29) is 18.0 Å². The lowest BCUT2D eigenvalue weighted by molar-refractivity contribution is -0.139. The molecule has 2 saturated heterocycles. The van der Waals surface area contributed by atoms with Gasteiger partial charge in [0.25, 0.3) is 5.91 Å². The van der Waals surface area contributed by atoms with E-state index in [1.165, 1.54) is 13.0 Å². The third-order valence-corrected chi connectivity index (χ3v) is 4.77. The number of rotatable bonds is 3. The van der Waals surface area contributed by atoms with Crippen LogP contribution < -0.4 is 5.32 Å². The number of piperidine rings is 1. The van der Waals surface area contributed by atoms with E-state index in [0.29, 0.717) is 13.1 Å². The normalized spacial score (nSPS) is 23.8. The van der Waals surface area contributed by atoms with E-state index in [9.17, 15) is 23.2 Å². The average Bonchev–Trinajstić information content (AvgIpc) is 2.82. The first kappa shape index (κ1) is 17.3. The van der Waals surface area contributed by atoms with Crippen LogP contribution in [0.25, 0.3) is 0 Å². The molecule has 1 aromatic carbocycles. The number of benzene rings is 1. The summed E-state index contributed by atoms with van der Waals surface area (Å²) in [6.45, 7) is 2.28. The van der Waals surface area contributed by atoms with Gasteiger partial charge < -0.3 is 10.2 Å². The molecule has 2 heterocycles. The minimum absolute atomic E-state index is 0.123. The van der Waals surface area contributed by atoms with E-state index >= 15 is 0 Å². The lowest BCUT2D eigenvalue weighted by atomic mass is 9.92. The summed E-state index contributed by atoms with van der Waals surface area (Å²) >= 11 is 0. The maximum atomic E-state index is 13.5. The van der Waals surface area contributed by atoms with Crippen LogP contribution in [0.1, 0.15) is 31.7 Å². The van der Waals surface area contributed by atoms with Crippen LogP contribution >= 0.6 is 0 Å². The van der Waals surface area contributed by atoms with Gasteiger partial charge in [-0.05, 0) is 43.9 Å². The zero-order chi connectivity index (χ0) is 18.2. The number of urea groups is 1. The van der Waals surface area contributed by atoms with E-state index in [1.54, 1.807) is 4.90 Å². The summed E-state index contributed by atoms with van der Waals surface area (Å²) in [5.74, 6) is -3.10. The Hall–Kier alpha value is -2.51. The molecule has 0 radical (unpaired) electrons. The lowest BCUT2D eigenvalue weighted by Crippen LogP contribution is -2.45. The summed E-state index contributed by atoms with van der Waals surface area (Å²) in [7, 11) is 0. The molecule has 25 heavy (non-hydrogen) atoms. The molecule has 3 rings (SSSR count). The van der Waals surface area contributed by atoms with Crippen LogP contribution in [0.3, 0.4) is 0 Å². The number of likely N-dealkylation sites (tertiary alicyclic amines) is 1. The van der Waals surface area contributed by atoms with Crippen LogP contribution in [0.5, 0.6) is 0 Å². The average molecular weight is 351 g/mol. The largest absolute Gasteiger partial charge is 0.341 e. The molecule has 8 heteroatoms. The van der Waals surface area contributed by atoms with Crippen LogP contribution in [-0.2, 0) is 15.1 Å². The molecule has 6 nitrogen and oxygen atoms in total. The van der Waals surface area contributed by atoms with Gasteiger partial charge in [0.1, 0.15) is 12.1 Å². The highest BCUT2D eigenvalue weighted by Crippen LogP contribution is 2.29. The second kappa shape index (κ2) is 6.42. The summed E-state index contributed by atoms with van der Waals surface area (Å²) in [4.78, 5) is 39.7. The number of nitrogens with one attached hydrogen (secondary N) is 1. The molecule has 0 saturated carbocycles. The van der Waals surface area contributed by atoms with Crippen molar-refractivity contribution in [2.45, 2.75) is 31.7 Å². The summed E-state index contributed by atoms with van der Waals surface area (Å²) < 4.78 is 26.6. The van der Waals surface area contributed by atoms with Gasteiger partial charge in [-0.2, -0.15) is 0 Å². The maximum Gasteiger partial charge on any atom is 0.325 e. The maximum absolute atomic E-state index is 13.5. The Labute approximate surface area is 143 Å². The minimum Gasteiger partial charge on any atom is -0.341 e. The summed E-state index contributed by atoms with van der Waals surface area (Å²) in [5.41, 5.74) is -1.41. The first-order chi connectivity index (χ1) is 11.8. The molecule has 1 unspecified atom stereocenters. The fourth-order valence-electron chi connectivity index (χ4n) is 3.22. The Bertz CT molecular complexity index is 734. The first-order valence-corrected chi connectivity index (χ1v) is 8.20. The smallest absolute Gasteiger partial charge is 0.325 e. The summed E-state index contributed by atoms with van der Waals surface area (Å²) in [6, 6.07) is 2.30. The number of carbonyl (C=O) groups is 3. The van der Waals surface area contributed by atoms with Crippen molar-refractivity contribution in [3.63, 3.8) is 0 Å². The van der Waals surface area contributed by atoms with Crippen molar-refractivity contribution >= 4 is 17.8 Å². The third kappa shape index (κ3) is 3.08. The van der Waals surface area contributed by atoms with Gasteiger partial charge in [-0.15, -0.1) is 0 Å². The van der Waals surface area contributed by atoms with Gasteiger partial charge in [-0.25, -0.2) is 13.6 Å². The van der Waals surface area contributed by atoms with Crippen LogP contribution in [0.2, 0.25) is 0 Å². The Morgan fingerprint density at radius 2 is 1.84 bits per heavy atom. The number of imide groups is 1. The van der Waals surface area contributed by atoms with Gasteiger partial charge in [0.15, 0.2) is 11.6 Å². The Morgan fingerprint density at radius 1 is 1.16 bits per heavy atom. The molecular formula is C17H19F2N3O3. The van der Waals surface area contributed by atoms with Crippen LogP contribution in [0.4, 0.5) is 13.6 Å². The predicted octanol–water partition coefficient (Wildman–Crippen LogP) is 1.74. The number of nitrogens with zero attached hydrogens (tertiary/aromatic N) is 2. The van der Waals surface area contributed by atoms with E-state index in [2.05, 4.69) is 5.32 Å². The molecule has 0 spiro atoms. The van der Waals surface area contributed by atoms with Crippen LogP contribution in [0, 0.1) is 11.6 Å². The van der Waals surface area contributed by atoms with Crippen LogP contribution in [-0.4, -0.2) is 47.3 Å². The lowest BCUT2D eigenvalue weighted by Gasteiger charge is -2.28. The number of hydrogen-bond donors (Lipinski definition) is 1. The second-order valence-electron chi connectivity index (χ2n) is 6.52. The van der Waals surface area contributed by atoms with E-state index < -0.39 is 29.1 Å². The fraction of sp³-hybridized carbons (Fsp3) is 0.471. The first-order valence-electron chi connectivity index (χ1n) is 8.20. The van der Waals surface area contributed by atoms with Gasteiger partial charge in [0.2, 0.25) is 5.91 Å². The molecule has 0 aliphatic carbocycles. The van der Waals surface area contributed by atoms with Crippen molar-refractivity contribution < 1.29 is 23.2 Å². The standard InChI is InChI=1S/C17H19F2N3O3/c1-17(11-5-6-12(18)13(19)9-11)15(24)22(16(25)20-17)10-14(23)21-7-3-2-4-8-21/h5-6,9H,2-4,7-8,10H2,1H3,(H,20,25). The second-order valence-corrected chi connectivity index (χ2v) is 6.52. The van der Waals surface area contributed by atoms with Crippen molar-refractivity contribution in [3.05, 3.63) is 35.4 Å². The molecule has 0 bridgehead atoms. The highest BCUT2D eigenvalue weighted by molar-refractivity contribution is 6.09. The predicted molar refractivity (Wildman–Crippen MR) is 84.4 cm³/mol. The van der Waals surface area contributed by atoms with Crippen molar-refractivity contribution in [1.82, 2.24) is 15.1 Å². The van der Waals surface area contributed by atoms with Crippen molar-refractivity contribution in [3.8, 4) is 0 Å². The monoisotopic (exact) mass is 351 g/mol. The van der Waals surface area contributed by atoms with E-state index in [0.717, 1.165) is 36.3 Å². The zero-order valence-electron chi connectivity index (χ0n) is 13.8. The molecule has 0 aromatic heterocycles. The molecule has 1 atom stereocenters. The highest BCUT2D eigenvalue weighted by atomic mass is 19.2. The molecule has 2 aliphatic rings.